The van der Waals surface area contributed by atoms with Crippen molar-refractivity contribution in [2.45, 2.75) is 13.3 Å². The van der Waals surface area contributed by atoms with Gasteiger partial charge in [0.25, 0.3) is 5.91 Å². The fourth-order valence-electron chi connectivity index (χ4n) is 1.84. The maximum Gasteiger partial charge on any atom is 0.277 e. The largest absolute Gasteiger partial charge is 0.484 e. The van der Waals surface area contributed by atoms with E-state index in [0.717, 1.165) is 12.0 Å². The van der Waals surface area contributed by atoms with Gasteiger partial charge < -0.3 is 4.74 Å². The number of hydrogen-bond donors (Lipinski definition) is 1. The number of nitrogens with one attached hydrogen (secondary N) is 1. The van der Waals surface area contributed by atoms with Gasteiger partial charge in [-0.3, -0.25) is 4.79 Å². The normalized spacial score (nSPS) is 10.7. The van der Waals surface area contributed by atoms with E-state index in [1.54, 1.807) is 24.3 Å². The van der Waals surface area contributed by atoms with Crippen molar-refractivity contribution in [1.29, 1.82) is 0 Å². The van der Waals surface area contributed by atoms with Crippen LogP contribution in [-0.4, -0.2) is 18.7 Å². The van der Waals surface area contributed by atoms with Crippen molar-refractivity contribution < 1.29 is 9.53 Å². The second-order valence-electron chi connectivity index (χ2n) is 4.72. The second kappa shape index (κ2) is 8.56. The highest BCUT2D eigenvalue weighted by Gasteiger charge is 2.04. The molecule has 0 aliphatic heterocycles. The molecule has 0 atom stereocenters. The summed E-state index contributed by atoms with van der Waals surface area (Å²) in [6, 6.07) is 12.7. The van der Waals surface area contributed by atoms with E-state index in [-0.39, 0.29) is 12.5 Å². The molecule has 4 nitrogen and oxygen atoms in total. The molecule has 23 heavy (non-hydrogen) atoms. The zero-order valence-electron chi connectivity index (χ0n) is 12.6. The van der Waals surface area contributed by atoms with Gasteiger partial charge in [-0.05, 0) is 36.2 Å². The number of hydrogen-bond acceptors (Lipinski definition) is 3. The molecule has 0 radical (unpaired) electrons. The number of aryl methyl sites for hydroxylation is 1. The number of ether oxygens (including phenoxy) is 1. The van der Waals surface area contributed by atoms with Gasteiger partial charge in [-0.15, -0.1) is 0 Å². The minimum Gasteiger partial charge on any atom is -0.484 e. The van der Waals surface area contributed by atoms with Crippen molar-refractivity contribution in [3.63, 3.8) is 0 Å². The molecule has 2 aromatic rings. The Balaban J connectivity index is 1.86. The average molecular weight is 351 g/mol. The predicted molar refractivity (Wildman–Crippen MR) is 93.5 cm³/mol. The lowest BCUT2D eigenvalue weighted by Gasteiger charge is -2.06. The standard InChI is InChI=1S/C17H16Cl2N2O2/c1-2-12-5-3-6-13(9-12)23-11-17(22)21-20-10-14-15(18)7-4-8-16(14)19/h3-10H,2,11H2,1H3,(H,21,22)/b20-10+. The molecule has 0 saturated heterocycles. The number of halogens is 2. The Labute approximate surface area is 145 Å². The molecule has 2 aromatic carbocycles. The van der Waals surface area contributed by atoms with Crippen LogP contribution in [0.1, 0.15) is 18.1 Å². The molecule has 0 aliphatic rings. The Bertz CT molecular complexity index is 697. The quantitative estimate of drug-likeness (QED) is 0.630. The smallest absolute Gasteiger partial charge is 0.277 e. The number of nitrogens with zero attached hydrogens (tertiary/aromatic N) is 1. The zero-order valence-corrected chi connectivity index (χ0v) is 14.1. The maximum absolute atomic E-state index is 11.7. The summed E-state index contributed by atoms with van der Waals surface area (Å²) < 4.78 is 5.42. The van der Waals surface area contributed by atoms with Gasteiger partial charge in [0.05, 0.1) is 16.3 Å². The fraction of sp³-hybridized carbons (Fsp3) is 0.176. The lowest BCUT2D eigenvalue weighted by molar-refractivity contribution is -0.123. The Morgan fingerprint density at radius 3 is 2.61 bits per heavy atom. The summed E-state index contributed by atoms with van der Waals surface area (Å²) in [6.45, 7) is 1.93. The van der Waals surface area contributed by atoms with Crippen molar-refractivity contribution in [3.8, 4) is 5.75 Å². The lowest BCUT2D eigenvalue weighted by atomic mass is 10.2. The van der Waals surface area contributed by atoms with Gasteiger partial charge >= 0.3 is 0 Å². The molecule has 1 amide bonds. The van der Waals surface area contributed by atoms with Gasteiger partial charge in [-0.1, -0.05) is 48.3 Å². The van der Waals surface area contributed by atoms with Gasteiger partial charge in [0, 0.05) is 5.56 Å². The highest BCUT2D eigenvalue weighted by molar-refractivity contribution is 6.38. The molecule has 2 rings (SSSR count). The average Bonchev–Trinajstić information content (AvgIpc) is 2.56. The van der Waals surface area contributed by atoms with E-state index in [4.69, 9.17) is 27.9 Å². The van der Waals surface area contributed by atoms with E-state index < -0.39 is 0 Å². The molecule has 0 aliphatic carbocycles. The summed E-state index contributed by atoms with van der Waals surface area (Å²) in [5.41, 5.74) is 4.07. The van der Waals surface area contributed by atoms with Crippen LogP contribution in [-0.2, 0) is 11.2 Å². The molecular weight excluding hydrogens is 335 g/mol. The number of amides is 1. The fourth-order valence-corrected chi connectivity index (χ4v) is 2.33. The minimum atomic E-state index is -0.369. The molecule has 0 spiro atoms. The highest BCUT2D eigenvalue weighted by Crippen LogP contribution is 2.22. The van der Waals surface area contributed by atoms with Crippen LogP contribution in [0.2, 0.25) is 10.0 Å². The molecule has 0 fully saturated rings. The van der Waals surface area contributed by atoms with Gasteiger partial charge in [0.15, 0.2) is 6.61 Å². The number of carbonyl (C=O) groups excluding carboxylic acids is 1. The van der Waals surface area contributed by atoms with Crippen LogP contribution in [0, 0.1) is 0 Å². The number of rotatable bonds is 6. The Morgan fingerprint density at radius 1 is 1.22 bits per heavy atom. The Hall–Kier alpha value is -2.04. The van der Waals surface area contributed by atoms with Gasteiger partial charge in [0.1, 0.15) is 5.75 Å². The van der Waals surface area contributed by atoms with E-state index >= 15 is 0 Å². The molecule has 6 heteroatoms. The lowest BCUT2D eigenvalue weighted by Crippen LogP contribution is -2.24. The summed E-state index contributed by atoms with van der Waals surface area (Å²) in [5.74, 6) is 0.281. The number of benzene rings is 2. The molecule has 0 saturated carbocycles. The van der Waals surface area contributed by atoms with Crippen molar-refractivity contribution >= 4 is 35.3 Å². The summed E-state index contributed by atoms with van der Waals surface area (Å²) in [6.07, 6.45) is 2.31. The topological polar surface area (TPSA) is 50.7 Å². The molecule has 0 heterocycles. The van der Waals surface area contributed by atoms with Crippen molar-refractivity contribution in [2.24, 2.45) is 5.10 Å². The van der Waals surface area contributed by atoms with Crippen LogP contribution < -0.4 is 10.2 Å². The molecule has 0 unspecified atom stereocenters. The van der Waals surface area contributed by atoms with E-state index in [1.165, 1.54) is 6.21 Å². The summed E-state index contributed by atoms with van der Waals surface area (Å²) in [5, 5.41) is 4.76. The first kappa shape index (κ1) is 17.3. The van der Waals surface area contributed by atoms with Crippen LogP contribution in [0.25, 0.3) is 0 Å². The van der Waals surface area contributed by atoms with E-state index in [9.17, 15) is 4.79 Å². The first-order valence-electron chi connectivity index (χ1n) is 7.07. The highest BCUT2D eigenvalue weighted by atomic mass is 35.5. The van der Waals surface area contributed by atoms with Gasteiger partial charge in [-0.25, -0.2) is 5.43 Å². The first-order valence-corrected chi connectivity index (χ1v) is 7.83. The molecule has 0 bridgehead atoms. The van der Waals surface area contributed by atoms with E-state index in [0.29, 0.717) is 21.4 Å². The maximum atomic E-state index is 11.7. The third-order valence-corrected chi connectivity index (χ3v) is 3.72. The Kier molecular flexibility index (Phi) is 6.44. The van der Waals surface area contributed by atoms with Crippen LogP contribution >= 0.6 is 23.2 Å². The monoisotopic (exact) mass is 350 g/mol. The van der Waals surface area contributed by atoms with Gasteiger partial charge in [0.2, 0.25) is 0 Å². The minimum absolute atomic E-state index is 0.124. The van der Waals surface area contributed by atoms with Crippen molar-refractivity contribution in [2.75, 3.05) is 6.61 Å². The SMILES string of the molecule is CCc1cccc(OCC(=O)N/N=C/c2c(Cl)cccc2Cl)c1. The van der Waals surface area contributed by atoms with Crippen molar-refractivity contribution in [1.82, 2.24) is 5.43 Å². The number of carbonyl (C=O) groups is 1. The zero-order chi connectivity index (χ0) is 16.7. The summed E-state index contributed by atoms with van der Waals surface area (Å²) >= 11 is 12.0. The van der Waals surface area contributed by atoms with Crippen LogP contribution in [0.4, 0.5) is 0 Å². The predicted octanol–water partition coefficient (Wildman–Crippen LogP) is 4.08. The van der Waals surface area contributed by atoms with Crippen molar-refractivity contribution in [3.05, 3.63) is 63.6 Å². The van der Waals surface area contributed by atoms with Crippen LogP contribution in [0.3, 0.4) is 0 Å². The first-order chi connectivity index (χ1) is 11.1. The third kappa shape index (κ3) is 5.27. The molecule has 1 N–H and O–H groups in total. The molecular formula is C17H16Cl2N2O2. The summed E-state index contributed by atoms with van der Waals surface area (Å²) in [7, 11) is 0. The Morgan fingerprint density at radius 2 is 1.91 bits per heavy atom. The molecule has 0 aromatic heterocycles. The van der Waals surface area contributed by atoms with E-state index in [2.05, 4.69) is 17.5 Å². The second-order valence-corrected chi connectivity index (χ2v) is 5.53. The van der Waals surface area contributed by atoms with Crippen LogP contribution in [0.5, 0.6) is 5.75 Å². The van der Waals surface area contributed by atoms with Crippen LogP contribution in [0.15, 0.2) is 47.6 Å². The third-order valence-electron chi connectivity index (χ3n) is 3.06. The number of hydrazone groups is 1. The summed E-state index contributed by atoms with van der Waals surface area (Å²) in [4.78, 5) is 11.7. The molecule has 120 valence electrons. The van der Waals surface area contributed by atoms with E-state index in [1.807, 2.05) is 18.2 Å². The van der Waals surface area contributed by atoms with Gasteiger partial charge in [-0.2, -0.15) is 5.10 Å².